The van der Waals surface area contributed by atoms with E-state index in [-0.39, 0.29) is 5.91 Å². The van der Waals surface area contributed by atoms with Gasteiger partial charge in [-0.1, -0.05) is 32.7 Å². The van der Waals surface area contributed by atoms with Gasteiger partial charge in [-0.25, -0.2) is 4.68 Å². The molecule has 0 saturated carbocycles. The summed E-state index contributed by atoms with van der Waals surface area (Å²) in [4.78, 5) is 16.7. The topological polar surface area (TPSA) is 85.6 Å². The van der Waals surface area contributed by atoms with Crippen LogP contribution in [0.2, 0.25) is 5.02 Å². The van der Waals surface area contributed by atoms with Crippen molar-refractivity contribution in [3.63, 3.8) is 0 Å². The highest BCUT2D eigenvalue weighted by atomic mass is 79.9. The Hall–Kier alpha value is -2.62. The predicted octanol–water partition coefficient (Wildman–Crippen LogP) is 4.76. The third-order valence-corrected chi connectivity index (χ3v) is 5.34. The van der Waals surface area contributed by atoms with Gasteiger partial charge in [0, 0.05) is 26.6 Å². The predicted molar refractivity (Wildman–Crippen MR) is 112 cm³/mol. The van der Waals surface area contributed by atoms with E-state index >= 15 is 0 Å². The number of carbonyl (C=O) groups is 1. The first-order valence-corrected chi connectivity index (χ1v) is 10.0. The zero-order valence-corrected chi connectivity index (χ0v) is 17.6. The van der Waals surface area contributed by atoms with Gasteiger partial charge < -0.3 is 0 Å². The van der Waals surface area contributed by atoms with Crippen molar-refractivity contribution in [3.05, 3.63) is 69.3 Å². The Morgan fingerprint density at radius 3 is 2.57 bits per heavy atom. The molecule has 140 valence electrons. The molecule has 0 bridgehead atoms. The molecular weight excluding hydrogens is 464 g/mol. The van der Waals surface area contributed by atoms with E-state index in [1.54, 1.807) is 28.9 Å². The third kappa shape index (κ3) is 3.82. The molecule has 1 N–H and O–H groups in total. The summed E-state index contributed by atoms with van der Waals surface area (Å²) in [5.41, 5.74) is 2.73. The van der Waals surface area contributed by atoms with Crippen LogP contribution in [-0.2, 0) is 0 Å². The van der Waals surface area contributed by atoms with Crippen molar-refractivity contribution in [3.8, 4) is 17.2 Å². The zero-order valence-electron chi connectivity index (χ0n) is 14.4. The maximum atomic E-state index is 12.3. The molecule has 28 heavy (non-hydrogen) atoms. The van der Waals surface area contributed by atoms with Crippen LogP contribution in [0.4, 0.5) is 5.13 Å². The standard InChI is InChI=1S/C18H12BrClN6OS/c1-10-15(23-25-26(10)14-8-4-12(19)5-9-14)16-21-18(28-24-16)22-17(27)11-2-6-13(20)7-3-11/h2-9H,1H3,(H,21,22,24,27). The molecule has 4 rings (SSSR count). The largest absolute Gasteiger partial charge is 0.297 e. The van der Waals surface area contributed by atoms with Crippen molar-refractivity contribution in [2.24, 2.45) is 0 Å². The van der Waals surface area contributed by atoms with Gasteiger partial charge >= 0.3 is 0 Å². The number of nitrogens with zero attached hydrogens (tertiary/aromatic N) is 5. The number of nitrogens with one attached hydrogen (secondary N) is 1. The van der Waals surface area contributed by atoms with Gasteiger partial charge in [0.05, 0.1) is 11.4 Å². The second kappa shape index (κ2) is 7.78. The number of carbonyl (C=O) groups excluding carboxylic acids is 1. The maximum Gasteiger partial charge on any atom is 0.257 e. The van der Waals surface area contributed by atoms with Crippen LogP contribution in [-0.4, -0.2) is 30.3 Å². The van der Waals surface area contributed by atoms with E-state index in [0.717, 1.165) is 27.4 Å². The van der Waals surface area contributed by atoms with Crippen molar-refractivity contribution in [1.82, 2.24) is 24.4 Å². The molecule has 0 radical (unpaired) electrons. The van der Waals surface area contributed by atoms with Crippen molar-refractivity contribution in [2.75, 3.05) is 5.32 Å². The van der Waals surface area contributed by atoms with E-state index in [1.165, 1.54) is 0 Å². The maximum absolute atomic E-state index is 12.3. The van der Waals surface area contributed by atoms with Crippen molar-refractivity contribution >= 4 is 50.1 Å². The minimum atomic E-state index is -0.283. The highest BCUT2D eigenvalue weighted by Gasteiger charge is 2.18. The molecule has 4 aromatic rings. The van der Waals surface area contributed by atoms with Crippen LogP contribution in [0.5, 0.6) is 0 Å². The summed E-state index contributed by atoms with van der Waals surface area (Å²) in [6.45, 7) is 1.89. The Balaban J connectivity index is 1.55. The molecule has 2 heterocycles. The highest BCUT2D eigenvalue weighted by molar-refractivity contribution is 9.10. The molecule has 0 saturated heterocycles. The molecule has 0 aliphatic rings. The second-order valence-corrected chi connectivity index (χ2v) is 7.90. The van der Waals surface area contributed by atoms with E-state index < -0.39 is 0 Å². The average molecular weight is 476 g/mol. The van der Waals surface area contributed by atoms with Gasteiger partial charge in [0.15, 0.2) is 11.5 Å². The smallest absolute Gasteiger partial charge is 0.257 e. The fourth-order valence-electron chi connectivity index (χ4n) is 2.50. The molecule has 0 aliphatic carbocycles. The Morgan fingerprint density at radius 1 is 1.14 bits per heavy atom. The van der Waals surface area contributed by atoms with Crippen molar-refractivity contribution in [2.45, 2.75) is 6.92 Å². The Morgan fingerprint density at radius 2 is 1.86 bits per heavy atom. The molecule has 7 nitrogen and oxygen atoms in total. The van der Waals surface area contributed by atoms with Crippen LogP contribution >= 0.6 is 39.1 Å². The zero-order chi connectivity index (χ0) is 19.7. The van der Waals surface area contributed by atoms with E-state index in [2.05, 4.69) is 40.9 Å². The van der Waals surface area contributed by atoms with Crippen LogP contribution < -0.4 is 5.32 Å². The number of amides is 1. The SMILES string of the molecule is Cc1c(-c2nsc(NC(=O)c3ccc(Cl)cc3)n2)nnn1-c1ccc(Br)cc1. The van der Waals surface area contributed by atoms with Gasteiger partial charge in [0.2, 0.25) is 5.13 Å². The Labute approximate surface area is 177 Å². The Kier molecular flexibility index (Phi) is 5.21. The summed E-state index contributed by atoms with van der Waals surface area (Å²) in [5.74, 6) is 0.131. The summed E-state index contributed by atoms with van der Waals surface area (Å²) < 4.78 is 7.00. The normalized spacial score (nSPS) is 10.8. The molecular formula is C18H12BrClN6OS. The number of anilines is 1. The van der Waals surface area contributed by atoms with Crippen LogP contribution in [0.3, 0.4) is 0 Å². The number of benzene rings is 2. The van der Waals surface area contributed by atoms with Crippen molar-refractivity contribution in [1.29, 1.82) is 0 Å². The van der Waals surface area contributed by atoms with Gasteiger partial charge in [0.1, 0.15) is 0 Å². The van der Waals surface area contributed by atoms with Gasteiger partial charge in [0.25, 0.3) is 5.91 Å². The summed E-state index contributed by atoms with van der Waals surface area (Å²) in [7, 11) is 0. The third-order valence-electron chi connectivity index (χ3n) is 3.93. The molecule has 0 atom stereocenters. The highest BCUT2D eigenvalue weighted by Crippen LogP contribution is 2.24. The lowest BCUT2D eigenvalue weighted by molar-refractivity contribution is 0.102. The van der Waals surface area contributed by atoms with E-state index in [4.69, 9.17) is 11.6 Å². The lowest BCUT2D eigenvalue weighted by atomic mass is 10.2. The van der Waals surface area contributed by atoms with Gasteiger partial charge in [-0.05, 0) is 55.5 Å². The summed E-state index contributed by atoms with van der Waals surface area (Å²) in [6.07, 6.45) is 0. The van der Waals surface area contributed by atoms with Gasteiger partial charge in [-0.2, -0.15) is 9.36 Å². The molecule has 0 fully saturated rings. The van der Waals surface area contributed by atoms with Gasteiger partial charge in [-0.15, -0.1) is 5.10 Å². The first kappa shape index (κ1) is 18.7. The molecule has 0 aliphatic heterocycles. The minimum Gasteiger partial charge on any atom is -0.297 e. The number of halogens is 2. The number of hydrogen-bond acceptors (Lipinski definition) is 6. The first-order valence-electron chi connectivity index (χ1n) is 8.10. The van der Waals surface area contributed by atoms with Gasteiger partial charge in [-0.3, -0.25) is 10.1 Å². The molecule has 10 heteroatoms. The van der Waals surface area contributed by atoms with E-state index in [1.807, 2.05) is 31.2 Å². The molecule has 1 amide bonds. The van der Waals surface area contributed by atoms with Crippen LogP contribution in [0.25, 0.3) is 17.2 Å². The fraction of sp³-hybridized carbons (Fsp3) is 0.0556. The monoisotopic (exact) mass is 474 g/mol. The number of hydrogen-bond donors (Lipinski definition) is 1. The van der Waals surface area contributed by atoms with Crippen molar-refractivity contribution < 1.29 is 4.79 Å². The minimum absolute atomic E-state index is 0.283. The van der Waals surface area contributed by atoms with Crippen LogP contribution in [0, 0.1) is 6.92 Å². The molecule has 2 aromatic heterocycles. The number of rotatable bonds is 4. The van der Waals surface area contributed by atoms with E-state index in [0.29, 0.717) is 27.2 Å². The molecule has 0 unspecified atom stereocenters. The lowest BCUT2D eigenvalue weighted by Gasteiger charge is -2.03. The van der Waals surface area contributed by atoms with Crippen LogP contribution in [0.15, 0.2) is 53.0 Å². The first-order chi connectivity index (χ1) is 13.5. The average Bonchev–Trinajstić information content (AvgIpc) is 3.29. The van der Waals surface area contributed by atoms with E-state index in [9.17, 15) is 4.79 Å². The summed E-state index contributed by atoms with van der Waals surface area (Å²) >= 11 is 10.3. The number of aromatic nitrogens is 5. The molecule has 0 spiro atoms. The van der Waals surface area contributed by atoms with Crippen LogP contribution in [0.1, 0.15) is 16.1 Å². The second-order valence-electron chi connectivity index (χ2n) is 5.80. The summed E-state index contributed by atoms with van der Waals surface area (Å²) in [5, 5.41) is 12.1. The summed E-state index contributed by atoms with van der Waals surface area (Å²) in [6, 6.07) is 14.3. The Bertz CT molecular complexity index is 1140. The quantitative estimate of drug-likeness (QED) is 0.460. The fourth-order valence-corrected chi connectivity index (χ4v) is 3.46. The molecule has 2 aromatic carbocycles. The lowest BCUT2D eigenvalue weighted by Crippen LogP contribution is -2.11.